The molecule has 4 rings (SSSR count). The molecule has 0 bridgehead atoms. The highest BCUT2D eigenvalue weighted by atomic mass is 16.5. The topological polar surface area (TPSA) is 71.3 Å². The van der Waals surface area contributed by atoms with E-state index in [-0.39, 0.29) is 11.9 Å². The summed E-state index contributed by atoms with van der Waals surface area (Å²) in [5.74, 6) is 1.54. The molecule has 2 atom stereocenters. The van der Waals surface area contributed by atoms with Gasteiger partial charge in [0, 0.05) is 43.2 Å². The van der Waals surface area contributed by atoms with Crippen LogP contribution in [0.1, 0.15) is 41.9 Å². The molecule has 0 spiro atoms. The molecule has 0 aromatic carbocycles. The fourth-order valence-electron chi connectivity index (χ4n) is 3.12. The number of hydrogen-bond donors (Lipinski definition) is 1. The zero-order valence-corrected chi connectivity index (χ0v) is 13.1. The van der Waals surface area contributed by atoms with E-state index in [1.54, 1.807) is 18.5 Å². The van der Waals surface area contributed by atoms with E-state index in [9.17, 15) is 4.79 Å². The zero-order chi connectivity index (χ0) is 15.8. The van der Waals surface area contributed by atoms with E-state index < -0.39 is 0 Å². The first-order valence-electron chi connectivity index (χ1n) is 8.13. The first kappa shape index (κ1) is 14.2. The molecule has 1 aliphatic carbocycles. The Balaban J connectivity index is 1.40. The van der Waals surface area contributed by atoms with Gasteiger partial charge in [-0.3, -0.25) is 9.78 Å². The van der Waals surface area contributed by atoms with Crippen LogP contribution in [-0.2, 0) is 0 Å². The van der Waals surface area contributed by atoms with E-state index in [4.69, 9.17) is 4.52 Å². The van der Waals surface area contributed by atoms with Crippen molar-refractivity contribution in [1.82, 2.24) is 15.5 Å². The van der Waals surface area contributed by atoms with Crippen molar-refractivity contribution in [3.63, 3.8) is 0 Å². The number of nitrogens with zero attached hydrogens (tertiary/aromatic N) is 3. The molecule has 2 aromatic rings. The molecule has 6 heteroatoms. The molecule has 2 fully saturated rings. The van der Waals surface area contributed by atoms with Gasteiger partial charge in [-0.15, -0.1) is 0 Å². The summed E-state index contributed by atoms with van der Waals surface area (Å²) in [4.78, 5) is 18.7. The number of amides is 1. The minimum atomic E-state index is -0.144. The molecule has 1 N–H and O–H groups in total. The van der Waals surface area contributed by atoms with E-state index in [0.29, 0.717) is 17.5 Å². The predicted molar refractivity (Wildman–Crippen MR) is 85.3 cm³/mol. The fourth-order valence-corrected chi connectivity index (χ4v) is 3.12. The lowest BCUT2D eigenvalue weighted by Crippen LogP contribution is -2.40. The second-order valence-corrected chi connectivity index (χ2v) is 6.56. The second kappa shape index (κ2) is 5.68. The Labute approximate surface area is 134 Å². The Morgan fingerprint density at radius 2 is 2.09 bits per heavy atom. The molecule has 120 valence electrons. The minimum absolute atomic E-state index is 0.108. The van der Waals surface area contributed by atoms with E-state index in [1.165, 1.54) is 0 Å². The third kappa shape index (κ3) is 2.93. The van der Waals surface area contributed by atoms with Crippen molar-refractivity contribution in [1.29, 1.82) is 0 Å². The standard InChI is InChI=1S/C17H20N4O2/c1-11-9-21(13-4-6-18-7-5-13)10-15(11)19-17(22)14-8-16(23-20-14)12-2-3-12/h4-8,11-12,15H,2-3,9-10H2,1H3,(H,19,22). The Bertz CT molecular complexity index is 696. The average molecular weight is 312 g/mol. The Morgan fingerprint density at radius 3 is 2.83 bits per heavy atom. The quantitative estimate of drug-likeness (QED) is 0.937. The van der Waals surface area contributed by atoms with Crippen LogP contribution in [0.3, 0.4) is 0 Å². The highest BCUT2D eigenvalue weighted by Crippen LogP contribution is 2.40. The van der Waals surface area contributed by atoms with E-state index >= 15 is 0 Å². The molecule has 3 heterocycles. The van der Waals surface area contributed by atoms with Crippen LogP contribution in [0.25, 0.3) is 0 Å². The summed E-state index contributed by atoms with van der Waals surface area (Å²) < 4.78 is 5.26. The van der Waals surface area contributed by atoms with E-state index in [0.717, 1.165) is 37.4 Å². The largest absolute Gasteiger partial charge is 0.369 e. The van der Waals surface area contributed by atoms with Crippen molar-refractivity contribution < 1.29 is 9.32 Å². The van der Waals surface area contributed by atoms with Crippen LogP contribution in [0.5, 0.6) is 0 Å². The molecule has 6 nitrogen and oxygen atoms in total. The maximum Gasteiger partial charge on any atom is 0.273 e. The van der Waals surface area contributed by atoms with Crippen molar-refractivity contribution in [2.75, 3.05) is 18.0 Å². The van der Waals surface area contributed by atoms with Crippen LogP contribution in [0, 0.1) is 5.92 Å². The number of hydrogen-bond acceptors (Lipinski definition) is 5. The molecule has 1 saturated heterocycles. The first-order chi connectivity index (χ1) is 11.2. The summed E-state index contributed by atoms with van der Waals surface area (Å²) in [7, 11) is 0. The number of pyridine rings is 1. The van der Waals surface area contributed by atoms with Gasteiger partial charge >= 0.3 is 0 Å². The molecule has 23 heavy (non-hydrogen) atoms. The first-order valence-corrected chi connectivity index (χ1v) is 8.13. The number of nitrogens with one attached hydrogen (secondary N) is 1. The number of aromatic nitrogens is 2. The minimum Gasteiger partial charge on any atom is -0.369 e. The van der Waals surface area contributed by atoms with Crippen LogP contribution in [-0.4, -0.2) is 35.2 Å². The summed E-state index contributed by atoms with van der Waals surface area (Å²) in [5.41, 5.74) is 1.53. The Hall–Kier alpha value is -2.37. The van der Waals surface area contributed by atoms with Gasteiger partial charge in [0.2, 0.25) is 0 Å². The summed E-state index contributed by atoms with van der Waals surface area (Å²) in [6.45, 7) is 3.87. The van der Waals surface area contributed by atoms with Crippen molar-refractivity contribution >= 4 is 11.6 Å². The van der Waals surface area contributed by atoms with Gasteiger partial charge < -0.3 is 14.7 Å². The molecule has 1 saturated carbocycles. The van der Waals surface area contributed by atoms with Crippen LogP contribution in [0.15, 0.2) is 35.1 Å². The molecular weight excluding hydrogens is 292 g/mol. The molecule has 1 aliphatic heterocycles. The highest BCUT2D eigenvalue weighted by Gasteiger charge is 2.33. The van der Waals surface area contributed by atoms with E-state index in [2.05, 4.69) is 27.3 Å². The number of rotatable bonds is 4. The molecule has 1 amide bonds. The normalized spacial score (nSPS) is 24.0. The van der Waals surface area contributed by atoms with Gasteiger partial charge in [0.25, 0.3) is 5.91 Å². The van der Waals surface area contributed by atoms with Gasteiger partial charge in [0.15, 0.2) is 5.69 Å². The van der Waals surface area contributed by atoms with Crippen LogP contribution in [0.2, 0.25) is 0 Å². The molecule has 2 unspecified atom stereocenters. The molecular formula is C17H20N4O2. The van der Waals surface area contributed by atoms with Crippen molar-refractivity contribution in [2.45, 2.75) is 31.7 Å². The van der Waals surface area contributed by atoms with Crippen LogP contribution >= 0.6 is 0 Å². The second-order valence-electron chi connectivity index (χ2n) is 6.56. The Morgan fingerprint density at radius 1 is 1.30 bits per heavy atom. The zero-order valence-electron chi connectivity index (χ0n) is 13.1. The number of carbonyl (C=O) groups is 1. The van der Waals surface area contributed by atoms with Crippen molar-refractivity contribution in [2.24, 2.45) is 5.92 Å². The lowest BCUT2D eigenvalue weighted by atomic mass is 10.1. The van der Waals surface area contributed by atoms with Gasteiger partial charge in [0.05, 0.1) is 6.04 Å². The number of carbonyl (C=O) groups excluding carboxylic acids is 1. The van der Waals surface area contributed by atoms with Gasteiger partial charge in [-0.25, -0.2) is 0 Å². The van der Waals surface area contributed by atoms with Crippen molar-refractivity contribution in [3.05, 3.63) is 42.0 Å². The van der Waals surface area contributed by atoms with Crippen LogP contribution in [0.4, 0.5) is 5.69 Å². The maximum absolute atomic E-state index is 12.4. The van der Waals surface area contributed by atoms with Gasteiger partial charge in [-0.2, -0.15) is 0 Å². The van der Waals surface area contributed by atoms with Gasteiger partial charge in [-0.1, -0.05) is 12.1 Å². The Kier molecular flexibility index (Phi) is 3.52. The summed E-state index contributed by atoms with van der Waals surface area (Å²) in [6.07, 6.45) is 5.86. The SMILES string of the molecule is CC1CN(c2ccncc2)CC1NC(=O)c1cc(C2CC2)on1. The maximum atomic E-state index is 12.4. The summed E-state index contributed by atoms with van der Waals surface area (Å²) in [6, 6.07) is 5.89. The lowest BCUT2D eigenvalue weighted by molar-refractivity contribution is 0.0924. The predicted octanol–water partition coefficient (Wildman–Crippen LogP) is 2.20. The monoisotopic (exact) mass is 312 g/mol. The lowest BCUT2D eigenvalue weighted by Gasteiger charge is -2.18. The van der Waals surface area contributed by atoms with Gasteiger partial charge in [-0.05, 0) is 30.9 Å². The summed E-state index contributed by atoms with van der Waals surface area (Å²) >= 11 is 0. The number of anilines is 1. The van der Waals surface area contributed by atoms with Crippen molar-refractivity contribution in [3.8, 4) is 0 Å². The van der Waals surface area contributed by atoms with Gasteiger partial charge in [0.1, 0.15) is 5.76 Å². The smallest absolute Gasteiger partial charge is 0.273 e. The third-order valence-electron chi connectivity index (χ3n) is 4.70. The molecule has 0 radical (unpaired) electrons. The molecule has 2 aliphatic rings. The third-order valence-corrected chi connectivity index (χ3v) is 4.70. The average Bonchev–Trinajstić information content (AvgIpc) is 3.18. The summed E-state index contributed by atoms with van der Waals surface area (Å²) in [5, 5.41) is 7.01. The van der Waals surface area contributed by atoms with Crippen LogP contribution < -0.4 is 10.2 Å². The van der Waals surface area contributed by atoms with E-state index in [1.807, 2.05) is 12.1 Å². The highest BCUT2D eigenvalue weighted by molar-refractivity contribution is 5.92. The molecule has 2 aromatic heterocycles. The fraction of sp³-hybridized carbons (Fsp3) is 0.471.